The molecule has 0 heterocycles. The van der Waals surface area contributed by atoms with E-state index in [1.807, 2.05) is 0 Å². The summed E-state index contributed by atoms with van der Waals surface area (Å²) < 4.78 is 5.30. The van der Waals surface area contributed by atoms with E-state index in [1.54, 1.807) is 48.5 Å². The van der Waals surface area contributed by atoms with Crippen LogP contribution in [0, 0.1) is 0 Å². The lowest BCUT2D eigenvalue weighted by molar-refractivity contribution is -0.123. The average molecular weight is 341 g/mol. The van der Waals surface area contributed by atoms with Crippen LogP contribution in [0.1, 0.15) is 20.7 Å². The van der Waals surface area contributed by atoms with Gasteiger partial charge in [-0.05, 0) is 48.5 Å². The highest BCUT2D eigenvalue weighted by atomic mass is 16.5. The smallest absolute Gasteiger partial charge is 0.258 e. The number of anilines is 1. The van der Waals surface area contributed by atoms with Gasteiger partial charge in [-0.25, -0.2) is 0 Å². The van der Waals surface area contributed by atoms with E-state index in [9.17, 15) is 14.4 Å². The van der Waals surface area contributed by atoms with Crippen molar-refractivity contribution in [2.75, 3.05) is 25.4 Å². The molecule has 2 aromatic carbocycles. The van der Waals surface area contributed by atoms with Gasteiger partial charge in [-0.1, -0.05) is 0 Å². The Hall–Kier alpha value is -3.35. The van der Waals surface area contributed by atoms with Gasteiger partial charge in [0.1, 0.15) is 12.0 Å². The predicted molar refractivity (Wildman–Crippen MR) is 93.5 cm³/mol. The first kappa shape index (κ1) is 18.0. The zero-order valence-electron chi connectivity index (χ0n) is 13.5. The number of ether oxygens (including phenoxy) is 1. The fraction of sp³-hybridized carbons (Fsp3) is 0.167. The molecular formula is C18H19N3O4. The third kappa shape index (κ3) is 5.98. The third-order valence-electron chi connectivity index (χ3n) is 3.29. The minimum atomic E-state index is -0.304. The fourth-order valence-corrected chi connectivity index (χ4v) is 1.96. The standard InChI is InChI=1S/C18H19N3O4/c19-15-5-3-14(4-6-15)18(24)21-10-9-20-17(23)12-25-16-7-1-13(11-22)2-8-16/h1-8,11H,9-10,12,19H2,(H,20,23)(H,21,24). The maximum atomic E-state index is 11.8. The highest BCUT2D eigenvalue weighted by Crippen LogP contribution is 2.10. The normalized spacial score (nSPS) is 9.92. The van der Waals surface area contributed by atoms with Gasteiger partial charge in [-0.15, -0.1) is 0 Å². The number of nitrogen functional groups attached to an aromatic ring is 1. The molecule has 0 radical (unpaired) electrons. The second kappa shape index (κ2) is 9.07. The number of carbonyl (C=O) groups is 3. The second-order valence-corrected chi connectivity index (χ2v) is 5.20. The summed E-state index contributed by atoms with van der Waals surface area (Å²) in [6.45, 7) is 0.433. The Bertz CT molecular complexity index is 727. The Morgan fingerprint density at radius 1 is 0.960 bits per heavy atom. The molecule has 2 amide bonds. The molecular weight excluding hydrogens is 322 g/mol. The molecule has 25 heavy (non-hydrogen) atoms. The van der Waals surface area contributed by atoms with Gasteiger partial charge < -0.3 is 21.1 Å². The largest absolute Gasteiger partial charge is 0.484 e. The van der Waals surface area contributed by atoms with Crippen LogP contribution in [0.3, 0.4) is 0 Å². The molecule has 0 aliphatic heterocycles. The molecule has 0 bridgehead atoms. The summed E-state index contributed by atoms with van der Waals surface area (Å²) in [5.41, 5.74) is 7.19. The van der Waals surface area contributed by atoms with Crippen LogP contribution in [0.5, 0.6) is 5.75 Å². The molecule has 0 aliphatic carbocycles. The molecule has 0 spiro atoms. The lowest BCUT2D eigenvalue weighted by atomic mass is 10.2. The zero-order chi connectivity index (χ0) is 18.1. The predicted octanol–water partition coefficient (Wildman–Crippen LogP) is 1.01. The molecule has 0 saturated carbocycles. The molecule has 7 heteroatoms. The molecule has 0 atom stereocenters. The molecule has 0 unspecified atom stereocenters. The first-order chi connectivity index (χ1) is 12.1. The van der Waals surface area contributed by atoms with E-state index in [0.29, 0.717) is 29.1 Å². The van der Waals surface area contributed by atoms with Crippen molar-refractivity contribution in [2.45, 2.75) is 0 Å². The molecule has 2 aromatic rings. The summed E-state index contributed by atoms with van der Waals surface area (Å²) in [6.07, 6.45) is 0.731. The summed E-state index contributed by atoms with van der Waals surface area (Å²) in [5, 5.41) is 5.33. The first-order valence-electron chi connectivity index (χ1n) is 7.67. The van der Waals surface area contributed by atoms with Gasteiger partial charge in [0.15, 0.2) is 6.61 Å². The SMILES string of the molecule is Nc1ccc(C(=O)NCCNC(=O)COc2ccc(C=O)cc2)cc1. The number of rotatable bonds is 8. The molecule has 2 rings (SSSR count). The monoisotopic (exact) mass is 341 g/mol. The highest BCUT2D eigenvalue weighted by molar-refractivity contribution is 5.94. The Balaban J connectivity index is 1.63. The lowest BCUT2D eigenvalue weighted by Gasteiger charge is -2.09. The lowest BCUT2D eigenvalue weighted by Crippen LogP contribution is -2.36. The Morgan fingerprint density at radius 3 is 2.24 bits per heavy atom. The van der Waals surface area contributed by atoms with Crippen molar-refractivity contribution in [2.24, 2.45) is 0 Å². The van der Waals surface area contributed by atoms with Gasteiger partial charge in [-0.3, -0.25) is 14.4 Å². The summed E-state index contributed by atoms with van der Waals surface area (Å²) in [4.78, 5) is 34.1. The van der Waals surface area contributed by atoms with Crippen LogP contribution in [0.25, 0.3) is 0 Å². The molecule has 0 fully saturated rings. The molecule has 0 saturated heterocycles. The van der Waals surface area contributed by atoms with E-state index < -0.39 is 0 Å². The minimum Gasteiger partial charge on any atom is -0.484 e. The molecule has 7 nitrogen and oxygen atoms in total. The second-order valence-electron chi connectivity index (χ2n) is 5.20. The number of benzene rings is 2. The van der Waals surface area contributed by atoms with Gasteiger partial charge in [0.05, 0.1) is 0 Å². The van der Waals surface area contributed by atoms with Crippen LogP contribution in [-0.4, -0.2) is 37.8 Å². The third-order valence-corrected chi connectivity index (χ3v) is 3.29. The van der Waals surface area contributed by atoms with Gasteiger partial charge in [0.2, 0.25) is 0 Å². The van der Waals surface area contributed by atoms with Crippen LogP contribution in [0.4, 0.5) is 5.69 Å². The Morgan fingerprint density at radius 2 is 1.60 bits per heavy atom. The summed E-state index contributed by atoms with van der Waals surface area (Å²) in [7, 11) is 0. The minimum absolute atomic E-state index is 0.146. The van der Waals surface area contributed by atoms with Crippen molar-refractivity contribution in [1.29, 1.82) is 0 Å². The van der Waals surface area contributed by atoms with E-state index in [0.717, 1.165) is 6.29 Å². The number of hydrogen-bond acceptors (Lipinski definition) is 5. The topological polar surface area (TPSA) is 111 Å². The molecule has 0 aromatic heterocycles. The summed E-state index contributed by atoms with van der Waals surface area (Å²) >= 11 is 0. The van der Waals surface area contributed by atoms with E-state index >= 15 is 0 Å². The molecule has 130 valence electrons. The van der Waals surface area contributed by atoms with Gasteiger partial charge in [0, 0.05) is 29.9 Å². The molecule has 4 N–H and O–H groups in total. The van der Waals surface area contributed by atoms with E-state index in [2.05, 4.69) is 10.6 Å². The van der Waals surface area contributed by atoms with E-state index in [4.69, 9.17) is 10.5 Å². The van der Waals surface area contributed by atoms with Crippen molar-refractivity contribution < 1.29 is 19.1 Å². The maximum absolute atomic E-state index is 11.8. The summed E-state index contributed by atoms with van der Waals surface area (Å²) in [6, 6.07) is 13.0. The maximum Gasteiger partial charge on any atom is 0.258 e. The molecule has 0 aliphatic rings. The quantitative estimate of drug-likeness (QED) is 0.377. The number of nitrogens with two attached hydrogens (primary N) is 1. The Kier molecular flexibility index (Phi) is 6.53. The van der Waals surface area contributed by atoms with Crippen molar-refractivity contribution in [3.63, 3.8) is 0 Å². The van der Waals surface area contributed by atoms with Crippen molar-refractivity contribution >= 4 is 23.8 Å². The first-order valence-corrected chi connectivity index (χ1v) is 7.67. The van der Waals surface area contributed by atoms with Crippen LogP contribution < -0.4 is 21.1 Å². The van der Waals surface area contributed by atoms with Gasteiger partial charge in [-0.2, -0.15) is 0 Å². The number of nitrogens with one attached hydrogen (secondary N) is 2. The van der Waals surface area contributed by atoms with Gasteiger partial charge >= 0.3 is 0 Å². The van der Waals surface area contributed by atoms with Crippen molar-refractivity contribution in [3.05, 3.63) is 59.7 Å². The van der Waals surface area contributed by atoms with Crippen molar-refractivity contribution in [3.8, 4) is 5.75 Å². The number of aldehydes is 1. The number of hydrogen-bond donors (Lipinski definition) is 3. The number of carbonyl (C=O) groups excluding carboxylic acids is 3. The Labute approximate surface area is 145 Å². The van der Waals surface area contributed by atoms with Gasteiger partial charge in [0.25, 0.3) is 11.8 Å². The van der Waals surface area contributed by atoms with Crippen LogP contribution in [-0.2, 0) is 4.79 Å². The highest BCUT2D eigenvalue weighted by Gasteiger charge is 2.05. The van der Waals surface area contributed by atoms with Crippen LogP contribution >= 0.6 is 0 Å². The number of amides is 2. The van der Waals surface area contributed by atoms with Crippen LogP contribution in [0.2, 0.25) is 0 Å². The van der Waals surface area contributed by atoms with E-state index in [-0.39, 0.29) is 25.0 Å². The average Bonchev–Trinajstić information content (AvgIpc) is 2.64. The van der Waals surface area contributed by atoms with E-state index in [1.165, 1.54) is 0 Å². The fourth-order valence-electron chi connectivity index (χ4n) is 1.96. The van der Waals surface area contributed by atoms with Crippen molar-refractivity contribution in [1.82, 2.24) is 10.6 Å². The zero-order valence-corrected chi connectivity index (χ0v) is 13.5. The summed E-state index contributed by atoms with van der Waals surface area (Å²) in [5.74, 6) is -0.0423. The van der Waals surface area contributed by atoms with Crippen LogP contribution in [0.15, 0.2) is 48.5 Å².